The Balaban J connectivity index is 2.36. The van der Waals surface area contributed by atoms with Crippen molar-refractivity contribution in [2.24, 2.45) is 0 Å². The van der Waals surface area contributed by atoms with Crippen LogP contribution < -0.4 is 4.74 Å². The summed E-state index contributed by atoms with van der Waals surface area (Å²) < 4.78 is 53.5. The van der Waals surface area contributed by atoms with Gasteiger partial charge < -0.3 is 9.84 Å². The van der Waals surface area contributed by atoms with E-state index in [0.29, 0.717) is 5.56 Å². The van der Waals surface area contributed by atoms with Crippen LogP contribution in [0, 0.1) is 5.82 Å². The maximum atomic E-state index is 13.7. The minimum absolute atomic E-state index is 0.0386. The molecular weight excluding hydrogens is 328 g/mol. The van der Waals surface area contributed by atoms with E-state index in [-0.39, 0.29) is 10.6 Å². The van der Waals surface area contributed by atoms with Crippen LogP contribution in [0.2, 0.25) is 5.02 Å². The minimum Gasteiger partial charge on any atom is -0.478 e. The summed E-state index contributed by atoms with van der Waals surface area (Å²) >= 11 is 5.88. The summed E-state index contributed by atoms with van der Waals surface area (Å²) in [6, 6.07) is 6.44. The lowest BCUT2D eigenvalue weighted by Gasteiger charge is -2.10. The molecule has 0 aliphatic carbocycles. The summed E-state index contributed by atoms with van der Waals surface area (Å²) in [5.41, 5.74) is -0.121. The third-order valence-corrected chi connectivity index (χ3v) is 3.00. The Morgan fingerprint density at radius 1 is 1.14 bits per heavy atom. The molecular formula is C14H7ClF4O3. The minimum atomic E-state index is -4.81. The van der Waals surface area contributed by atoms with Crippen molar-refractivity contribution in [3.63, 3.8) is 0 Å². The van der Waals surface area contributed by atoms with Gasteiger partial charge in [-0.1, -0.05) is 23.7 Å². The van der Waals surface area contributed by atoms with Gasteiger partial charge in [-0.15, -0.1) is 13.2 Å². The van der Waals surface area contributed by atoms with Crippen molar-refractivity contribution in [1.29, 1.82) is 0 Å². The molecule has 0 aliphatic heterocycles. The number of rotatable bonds is 3. The second kappa shape index (κ2) is 5.84. The predicted molar refractivity (Wildman–Crippen MR) is 70.5 cm³/mol. The van der Waals surface area contributed by atoms with E-state index in [1.165, 1.54) is 12.1 Å². The van der Waals surface area contributed by atoms with Gasteiger partial charge in [-0.2, -0.15) is 0 Å². The summed E-state index contributed by atoms with van der Waals surface area (Å²) in [5, 5.41) is 8.74. The van der Waals surface area contributed by atoms with Crippen molar-refractivity contribution in [1.82, 2.24) is 0 Å². The Labute approximate surface area is 126 Å². The van der Waals surface area contributed by atoms with Crippen molar-refractivity contribution in [2.75, 3.05) is 0 Å². The molecule has 0 saturated carbocycles. The number of benzene rings is 2. The molecule has 116 valence electrons. The van der Waals surface area contributed by atoms with E-state index in [1.807, 2.05) is 0 Å². The summed E-state index contributed by atoms with van der Waals surface area (Å²) in [7, 11) is 0. The molecule has 1 N–H and O–H groups in total. The lowest BCUT2D eigenvalue weighted by Crippen LogP contribution is -2.16. The fourth-order valence-electron chi connectivity index (χ4n) is 1.77. The van der Waals surface area contributed by atoms with Crippen molar-refractivity contribution < 1.29 is 32.2 Å². The molecule has 2 aromatic rings. The molecule has 0 aromatic heterocycles. The maximum Gasteiger partial charge on any atom is 0.573 e. The molecule has 0 atom stereocenters. The van der Waals surface area contributed by atoms with Crippen LogP contribution >= 0.6 is 11.6 Å². The molecule has 22 heavy (non-hydrogen) atoms. The molecule has 0 radical (unpaired) electrons. The van der Waals surface area contributed by atoms with Crippen LogP contribution in [0.15, 0.2) is 36.4 Å². The highest BCUT2D eigenvalue weighted by Gasteiger charge is 2.31. The van der Waals surface area contributed by atoms with Crippen molar-refractivity contribution in [3.05, 3.63) is 52.8 Å². The fraction of sp³-hybridized carbons (Fsp3) is 0.0714. The first-order valence-corrected chi connectivity index (χ1v) is 6.13. The molecule has 0 heterocycles. The monoisotopic (exact) mass is 334 g/mol. The molecule has 0 fully saturated rings. The van der Waals surface area contributed by atoms with Crippen LogP contribution in [0.3, 0.4) is 0 Å². The lowest BCUT2D eigenvalue weighted by molar-refractivity contribution is -0.274. The van der Waals surface area contributed by atoms with Gasteiger partial charge in [0.1, 0.15) is 11.6 Å². The highest BCUT2D eigenvalue weighted by Crippen LogP contribution is 2.32. The normalized spacial score (nSPS) is 11.3. The van der Waals surface area contributed by atoms with Crippen molar-refractivity contribution in [2.45, 2.75) is 6.36 Å². The highest BCUT2D eigenvalue weighted by molar-refractivity contribution is 6.33. The van der Waals surface area contributed by atoms with Crippen LogP contribution in [0.5, 0.6) is 5.75 Å². The molecule has 2 aromatic carbocycles. The number of hydrogen-bond donors (Lipinski definition) is 1. The van der Waals surface area contributed by atoms with Gasteiger partial charge in [0.15, 0.2) is 0 Å². The summed E-state index contributed by atoms with van der Waals surface area (Å²) in [6.45, 7) is 0. The van der Waals surface area contributed by atoms with E-state index < -0.39 is 29.5 Å². The van der Waals surface area contributed by atoms with E-state index in [1.54, 1.807) is 0 Å². The van der Waals surface area contributed by atoms with Crippen LogP contribution in [0.25, 0.3) is 11.1 Å². The summed E-state index contributed by atoms with van der Waals surface area (Å²) in [4.78, 5) is 10.8. The molecule has 0 aliphatic rings. The van der Waals surface area contributed by atoms with Gasteiger partial charge in [0, 0.05) is 10.6 Å². The molecule has 0 bridgehead atoms. The van der Waals surface area contributed by atoms with Crippen LogP contribution in [-0.4, -0.2) is 17.4 Å². The standard InChI is InChI=1S/C14H7ClF4O3/c15-11-5-10(13(20)21)12(16)6-9(11)7-1-3-8(4-2-7)22-14(17,18)19/h1-6H,(H,20,21). The third-order valence-electron chi connectivity index (χ3n) is 2.69. The largest absolute Gasteiger partial charge is 0.573 e. The van der Waals surface area contributed by atoms with Crippen molar-refractivity contribution in [3.8, 4) is 16.9 Å². The van der Waals surface area contributed by atoms with E-state index in [2.05, 4.69) is 4.74 Å². The Bertz CT molecular complexity index is 711. The van der Waals surface area contributed by atoms with E-state index in [4.69, 9.17) is 16.7 Å². The van der Waals surface area contributed by atoms with Gasteiger partial charge in [0.25, 0.3) is 0 Å². The topological polar surface area (TPSA) is 46.5 Å². The molecule has 0 unspecified atom stereocenters. The van der Waals surface area contributed by atoms with E-state index in [9.17, 15) is 22.4 Å². The Hall–Kier alpha value is -2.28. The Kier molecular flexibility index (Phi) is 4.27. The average molecular weight is 335 g/mol. The zero-order valence-corrected chi connectivity index (χ0v) is 11.4. The van der Waals surface area contributed by atoms with Gasteiger partial charge in [-0.05, 0) is 29.8 Å². The quantitative estimate of drug-likeness (QED) is 0.824. The Morgan fingerprint density at radius 2 is 1.73 bits per heavy atom. The first kappa shape index (κ1) is 16.1. The summed E-state index contributed by atoms with van der Waals surface area (Å²) in [5.74, 6) is -2.91. The number of hydrogen-bond acceptors (Lipinski definition) is 2. The number of carbonyl (C=O) groups is 1. The second-order valence-corrected chi connectivity index (χ2v) is 4.60. The highest BCUT2D eigenvalue weighted by atomic mass is 35.5. The van der Waals surface area contributed by atoms with Gasteiger partial charge >= 0.3 is 12.3 Å². The number of carboxylic acid groups (broad SMARTS) is 1. The van der Waals surface area contributed by atoms with Crippen LogP contribution in [0.4, 0.5) is 17.6 Å². The third kappa shape index (κ3) is 3.67. The molecule has 0 spiro atoms. The van der Waals surface area contributed by atoms with E-state index >= 15 is 0 Å². The maximum absolute atomic E-state index is 13.7. The number of ether oxygens (including phenoxy) is 1. The predicted octanol–water partition coefficient (Wildman–Crippen LogP) is 4.74. The Morgan fingerprint density at radius 3 is 2.23 bits per heavy atom. The molecule has 2 rings (SSSR count). The zero-order chi connectivity index (χ0) is 16.5. The van der Waals surface area contributed by atoms with Gasteiger partial charge in [-0.25, -0.2) is 9.18 Å². The van der Waals surface area contributed by atoms with Gasteiger partial charge in [-0.3, -0.25) is 0 Å². The first-order valence-electron chi connectivity index (χ1n) is 5.76. The molecule has 0 saturated heterocycles. The summed E-state index contributed by atoms with van der Waals surface area (Å²) in [6.07, 6.45) is -4.81. The number of aromatic carboxylic acids is 1. The number of carboxylic acids is 1. The van der Waals surface area contributed by atoms with E-state index in [0.717, 1.165) is 24.3 Å². The van der Waals surface area contributed by atoms with Crippen LogP contribution in [0.1, 0.15) is 10.4 Å². The molecule has 8 heteroatoms. The van der Waals surface area contributed by atoms with Crippen LogP contribution in [-0.2, 0) is 0 Å². The average Bonchev–Trinajstić information content (AvgIpc) is 2.40. The van der Waals surface area contributed by atoms with Gasteiger partial charge in [0.2, 0.25) is 0 Å². The SMILES string of the molecule is O=C(O)c1cc(Cl)c(-c2ccc(OC(F)(F)F)cc2)cc1F. The number of alkyl halides is 3. The number of halogens is 5. The first-order chi connectivity index (χ1) is 10.2. The lowest BCUT2D eigenvalue weighted by atomic mass is 10.0. The fourth-order valence-corrected chi connectivity index (χ4v) is 2.04. The molecule has 3 nitrogen and oxygen atoms in total. The van der Waals surface area contributed by atoms with Gasteiger partial charge in [0.05, 0.1) is 5.56 Å². The smallest absolute Gasteiger partial charge is 0.478 e. The second-order valence-electron chi connectivity index (χ2n) is 4.19. The zero-order valence-electron chi connectivity index (χ0n) is 10.6. The van der Waals surface area contributed by atoms with Crippen molar-refractivity contribution >= 4 is 17.6 Å². The molecule has 0 amide bonds.